The number of carbonyl (C=O) groups excluding carboxylic acids is 1. The van der Waals surface area contributed by atoms with Crippen molar-refractivity contribution in [2.24, 2.45) is 5.41 Å². The van der Waals surface area contributed by atoms with Crippen LogP contribution in [0.25, 0.3) is 0 Å². The summed E-state index contributed by atoms with van der Waals surface area (Å²) in [5.41, 5.74) is 0.417. The van der Waals surface area contributed by atoms with E-state index < -0.39 is 5.41 Å². The number of hydrogen-bond donors (Lipinski definition) is 0. The Morgan fingerprint density at radius 3 is 2.53 bits per heavy atom. The highest BCUT2D eigenvalue weighted by atomic mass is 79.9. The van der Waals surface area contributed by atoms with E-state index in [2.05, 4.69) is 15.9 Å². The molecule has 1 aromatic rings. The van der Waals surface area contributed by atoms with E-state index in [1.54, 1.807) is 7.11 Å². The summed E-state index contributed by atoms with van der Waals surface area (Å²) >= 11 is 3.42. The molecule has 0 aromatic heterocycles. The molecule has 0 saturated heterocycles. The van der Waals surface area contributed by atoms with Crippen molar-refractivity contribution in [2.45, 2.75) is 20.3 Å². The van der Waals surface area contributed by atoms with Crippen molar-refractivity contribution >= 4 is 21.9 Å². The molecule has 94 valence electrons. The van der Waals surface area contributed by atoms with Crippen LogP contribution in [-0.4, -0.2) is 20.2 Å². The average Bonchev–Trinajstić information content (AvgIpc) is 2.27. The van der Waals surface area contributed by atoms with Gasteiger partial charge in [-0.05, 0) is 44.0 Å². The SMILES string of the molecule is COC(=O)C(C)(C)Cc1cc(Br)ccc1OC. The fraction of sp³-hybridized carbons (Fsp3) is 0.462. The van der Waals surface area contributed by atoms with Crippen molar-refractivity contribution in [3.8, 4) is 5.75 Å². The van der Waals surface area contributed by atoms with Gasteiger partial charge in [0, 0.05) is 4.47 Å². The van der Waals surface area contributed by atoms with E-state index in [0.717, 1.165) is 15.8 Å². The van der Waals surface area contributed by atoms with Crippen LogP contribution in [-0.2, 0) is 16.0 Å². The summed E-state index contributed by atoms with van der Waals surface area (Å²) in [5, 5.41) is 0. The summed E-state index contributed by atoms with van der Waals surface area (Å²) in [6.45, 7) is 3.72. The van der Waals surface area contributed by atoms with Gasteiger partial charge in [0.05, 0.1) is 19.6 Å². The van der Waals surface area contributed by atoms with Crippen molar-refractivity contribution in [3.63, 3.8) is 0 Å². The van der Waals surface area contributed by atoms with Crippen LogP contribution < -0.4 is 4.74 Å². The average molecular weight is 301 g/mol. The smallest absolute Gasteiger partial charge is 0.311 e. The molecule has 0 heterocycles. The van der Waals surface area contributed by atoms with Crippen LogP contribution in [0.1, 0.15) is 19.4 Å². The first kappa shape index (κ1) is 14.0. The summed E-state index contributed by atoms with van der Waals surface area (Å²) in [6, 6.07) is 5.75. The monoisotopic (exact) mass is 300 g/mol. The van der Waals surface area contributed by atoms with Gasteiger partial charge in [0.15, 0.2) is 0 Å². The highest BCUT2D eigenvalue weighted by Gasteiger charge is 2.30. The second-order valence-corrected chi connectivity index (χ2v) is 5.42. The quantitative estimate of drug-likeness (QED) is 0.801. The molecular weight excluding hydrogens is 284 g/mol. The summed E-state index contributed by atoms with van der Waals surface area (Å²) < 4.78 is 11.1. The number of esters is 1. The number of rotatable bonds is 4. The van der Waals surface area contributed by atoms with E-state index in [0.29, 0.717) is 6.42 Å². The molecule has 0 N–H and O–H groups in total. The third kappa shape index (κ3) is 3.46. The maximum atomic E-state index is 11.6. The van der Waals surface area contributed by atoms with Gasteiger partial charge in [-0.1, -0.05) is 15.9 Å². The molecular formula is C13H17BrO3. The fourth-order valence-electron chi connectivity index (χ4n) is 1.71. The van der Waals surface area contributed by atoms with E-state index in [9.17, 15) is 4.79 Å². The largest absolute Gasteiger partial charge is 0.496 e. The molecule has 0 aliphatic heterocycles. The van der Waals surface area contributed by atoms with Gasteiger partial charge < -0.3 is 9.47 Å². The molecule has 0 fully saturated rings. The Hall–Kier alpha value is -1.03. The van der Waals surface area contributed by atoms with E-state index in [1.165, 1.54) is 7.11 Å². The van der Waals surface area contributed by atoms with Crippen molar-refractivity contribution in [3.05, 3.63) is 28.2 Å². The third-order valence-corrected chi connectivity index (χ3v) is 3.11. The highest BCUT2D eigenvalue weighted by molar-refractivity contribution is 9.10. The van der Waals surface area contributed by atoms with Gasteiger partial charge in [0.1, 0.15) is 5.75 Å². The fourth-order valence-corrected chi connectivity index (χ4v) is 2.12. The van der Waals surface area contributed by atoms with Gasteiger partial charge in [-0.25, -0.2) is 0 Å². The molecule has 0 aliphatic rings. The number of hydrogen-bond acceptors (Lipinski definition) is 3. The zero-order valence-electron chi connectivity index (χ0n) is 10.5. The Morgan fingerprint density at radius 2 is 2.00 bits per heavy atom. The van der Waals surface area contributed by atoms with Gasteiger partial charge in [0.2, 0.25) is 0 Å². The van der Waals surface area contributed by atoms with Gasteiger partial charge in [-0.2, -0.15) is 0 Å². The Bertz CT molecular complexity index is 413. The molecule has 0 radical (unpaired) electrons. The maximum Gasteiger partial charge on any atom is 0.311 e. The number of carbonyl (C=O) groups is 1. The van der Waals surface area contributed by atoms with Crippen LogP contribution in [0.4, 0.5) is 0 Å². The lowest BCUT2D eigenvalue weighted by Crippen LogP contribution is -2.28. The van der Waals surface area contributed by atoms with Crippen molar-refractivity contribution in [1.82, 2.24) is 0 Å². The normalized spacial score (nSPS) is 11.1. The lowest BCUT2D eigenvalue weighted by molar-refractivity contribution is -0.150. The van der Waals surface area contributed by atoms with E-state index in [1.807, 2.05) is 32.0 Å². The van der Waals surface area contributed by atoms with Gasteiger partial charge in [-0.15, -0.1) is 0 Å². The highest BCUT2D eigenvalue weighted by Crippen LogP contribution is 2.30. The number of halogens is 1. The molecule has 0 unspecified atom stereocenters. The van der Waals surface area contributed by atoms with Crippen LogP contribution in [0, 0.1) is 5.41 Å². The van der Waals surface area contributed by atoms with Crippen molar-refractivity contribution in [2.75, 3.05) is 14.2 Å². The minimum absolute atomic E-state index is 0.223. The minimum Gasteiger partial charge on any atom is -0.496 e. The molecule has 0 bridgehead atoms. The zero-order chi connectivity index (χ0) is 13.1. The Labute approximate surface area is 110 Å². The molecule has 0 saturated carbocycles. The third-order valence-electron chi connectivity index (χ3n) is 2.61. The molecule has 17 heavy (non-hydrogen) atoms. The second kappa shape index (κ2) is 5.54. The molecule has 0 spiro atoms. The van der Waals surface area contributed by atoms with Gasteiger partial charge in [0.25, 0.3) is 0 Å². The first-order chi connectivity index (χ1) is 7.90. The summed E-state index contributed by atoms with van der Waals surface area (Å²) in [5.74, 6) is 0.560. The Morgan fingerprint density at radius 1 is 1.35 bits per heavy atom. The van der Waals surface area contributed by atoms with E-state index >= 15 is 0 Å². The molecule has 1 aromatic carbocycles. The van der Waals surface area contributed by atoms with Crippen LogP contribution >= 0.6 is 15.9 Å². The van der Waals surface area contributed by atoms with Crippen LogP contribution in [0.3, 0.4) is 0 Å². The first-order valence-corrected chi connectivity index (χ1v) is 6.11. The van der Waals surface area contributed by atoms with Crippen molar-refractivity contribution in [1.29, 1.82) is 0 Å². The molecule has 4 heteroatoms. The minimum atomic E-state index is -0.567. The Kier molecular flexibility index (Phi) is 4.57. The summed E-state index contributed by atoms with van der Waals surface area (Å²) in [4.78, 5) is 11.6. The predicted molar refractivity (Wildman–Crippen MR) is 70.2 cm³/mol. The van der Waals surface area contributed by atoms with Gasteiger partial charge >= 0.3 is 5.97 Å². The topological polar surface area (TPSA) is 35.5 Å². The van der Waals surface area contributed by atoms with Crippen LogP contribution in [0.2, 0.25) is 0 Å². The molecule has 0 atom stereocenters. The number of ether oxygens (including phenoxy) is 2. The number of methoxy groups -OCH3 is 2. The van der Waals surface area contributed by atoms with Gasteiger partial charge in [-0.3, -0.25) is 4.79 Å². The lowest BCUT2D eigenvalue weighted by atomic mass is 9.85. The summed E-state index contributed by atoms with van der Waals surface area (Å²) in [6.07, 6.45) is 0.572. The van der Waals surface area contributed by atoms with E-state index in [4.69, 9.17) is 9.47 Å². The maximum absolute atomic E-state index is 11.6. The second-order valence-electron chi connectivity index (χ2n) is 4.51. The lowest BCUT2D eigenvalue weighted by Gasteiger charge is -2.22. The molecule has 1 rings (SSSR count). The van der Waals surface area contributed by atoms with Crippen LogP contribution in [0.15, 0.2) is 22.7 Å². The standard InChI is InChI=1S/C13H17BrO3/c1-13(2,12(15)17-4)8-9-7-10(14)5-6-11(9)16-3/h5-7H,8H2,1-4H3. The zero-order valence-corrected chi connectivity index (χ0v) is 12.1. The van der Waals surface area contributed by atoms with Crippen molar-refractivity contribution < 1.29 is 14.3 Å². The molecule has 0 amide bonds. The molecule has 0 aliphatic carbocycles. The first-order valence-electron chi connectivity index (χ1n) is 5.31. The van der Waals surface area contributed by atoms with Crippen LogP contribution in [0.5, 0.6) is 5.75 Å². The Balaban J connectivity index is 3.01. The number of benzene rings is 1. The molecule has 3 nitrogen and oxygen atoms in total. The predicted octanol–water partition coefficient (Wildman–Crippen LogP) is 3.20. The summed E-state index contributed by atoms with van der Waals surface area (Å²) in [7, 11) is 3.03. The van der Waals surface area contributed by atoms with E-state index in [-0.39, 0.29) is 5.97 Å².